The zero-order chi connectivity index (χ0) is 51.0. The number of carbonyl (C=O) groups excluding carboxylic acids is 2. The third-order valence-corrected chi connectivity index (χ3v) is 17.2. The molecule has 0 spiro atoms. The summed E-state index contributed by atoms with van der Waals surface area (Å²) in [5.74, 6) is 1.65. The molecule has 5 aromatic rings. The maximum absolute atomic E-state index is 15.5. The van der Waals surface area contributed by atoms with Crippen LogP contribution in [0.5, 0.6) is 0 Å². The number of alkyl halides is 2. The summed E-state index contributed by atoms with van der Waals surface area (Å²) >= 11 is 0. The first-order valence-electron chi connectivity index (χ1n) is 27.1. The Morgan fingerprint density at radius 2 is 1.65 bits per heavy atom. The van der Waals surface area contributed by atoms with Crippen LogP contribution < -0.4 is 20.5 Å². The Labute approximate surface area is 426 Å². The molecule has 1 atom stereocenters. The average molecular weight is 981 g/mol. The van der Waals surface area contributed by atoms with E-state index in [-0.39, 0.29) is 34.8 Å². The Balaban J connectivity index is 0.903. The number of ketones is 1. The van der Waals surface area contributed by atoms with Crippen LogP contribution in [0.4, 0.5) is 31.7 Å². The Kier molecular flexibility index (Phi) is 15.3. The van der Waals surface area contributed by atoms with E-state index in [1.807, 2.05) is 30.3 Å². The van der Waals surface area contributed by atoms with Crippen LogP contribution in [0.1, 0.15) is 164 Å². The van der Waals surface area contributed by atoms with Crippen molar-refractivity contribution < 1.29 is 18.4 Å². The summed E-state index contributed by atoms with van der Waals surface area (Å²) in [4.78, 5) is 38.1. The number of pyridine rings is 1. The minimum absolute atomic E-state index is 0.0117. The molecule has 6 heterocycles. The molecular weight excluding hydrogens is 903 g/mol. The summed E-state index contributed by atoms with van der Waals surface area (Å²) in [6.07, 6.45) is 13.9. The molecule has 9 rings (SSSR count). The van der Waals surface area contributed by atoms with E-state index in [9.17, 15) is 9.59 Å². The second-order valence-corrected chi connectivity index (χ2v) is 21.8. The van der Waals surface area contributed by atoms with Crippen LogP contribution >= 0.6 is 0 Å². The van der Waals surface area contributed by atoms with Crippen molar-refractivity contribution in [2.24, 2.45) is 5.92 Å². The van der Waals surface area contributed by atoms with Gasteiger partial charge in [0, 0.05) is 102 Å². The smallest absolute Gasteiger partial charge is 0.265 e. The maximum atomic E-state index is 15.5. The molecule has 1 saturated carbocycles. The van der Waals surface area contributed by atoms with Gasteiger partial charge >= 0.3 is 0 Å². The number of fused-ring (bicyclic) bond motifs is 4. The van der Waals surface area contributed by atoms with Crippen molar-refractivity contribution in [3.8, 4) is 0 Å². The molecule has 0 saturated heterocycles. The number of nitrogens with zero attached hydrogens (tertiary/aromatic N) is 8. The van der Waals surface area contributed by atoms with Crippen molar-refractivity contribution in [2.45, 2.75) is 162 Å². The van der Waals surface area contributed by atoms with Gasteiger partial charge in [-0.25, -0.2) is 8.78 Å². The molecule has 0 bridgehead atoms. The van der Waals surface area contributed by atoms with Crippen LogP contribution in [-0.4, -0.2) is 80.1 Å². The standard InChI is InChI=1S/C60H78F2N8O2/c1-10-28-65(29-13-15-44-20-23-48-41(7)69(42(8)49(48)32-44)53(39(4)5)24-17-40(6)71)36-45-18-21-47(22-19-45)70-54-26-31-66(43(9)72)37-51(54)59(64-70)67-30-14-16-46-33-56(50(58(61)62)34-55(46)67)68-38-60(11-2,12-3)52-25-27-63-35-57(52)68/h20,23,25,27,32-35,45,47,53,58H,4,7-8,10-19,21-22,24,26,28-31,36-38H2,1-3,5-6,9H3. The molecule has 0 N–H and O–H groups in total. The SMILES string of the molecule is C=C(C)C(CCC(C)=O)n1c(=C)c2ccc(CCCN(CCC)CC3CCC(n4nc(N5CCCc6cc(N7CC(CC)(CC)c8ccncc87)c(C(F)F)cc65)c5c4CCN(C(C)=O)C5)CC3)cc2c1=C. The van der Waals surface area contributed by atoms with E-state index >= 15 is 8.78 Å². The number of aryl methyl sites for hydroxylation is 2. The fourth-order valence-electron chi connectivity index (χ4n) is 13.1. The highest BCUT2D eigenvalue weighted by atomic mass is 19.3. The van der Waals surface area contributed by atoms with E-state index in [1.165, 1.54) is 16.8 Å². The normalized spacial score (nSPS) is 19.0. The number of Topliss-reactive ketones (excluding diaryl/α,β-unsaturated/α-hetero) is 1. The number of halogens is 2. The second kappa shape index (κ2) is 21.5. The summed E-state index contributed by atoms with van der Waals surface area (Å²) in [7, 11) is 0. The second-order valence-electron chi connectivity index (χ2n) is 21.8. The fourth-order valence-corrected chi connectivity index (χ4v) is 13.1. The Hall–Kier alpha value is -5.62. The van der Waals surface area contributed by atoms with Crippen molar-refractivity contribution >= 4 is 58.5 Å². The topological polar surface area (TPSA) is 82.7 Å². The molecule has 1 fully saturated rings. The summed E-state index contributed by atoms with van der Waals surface area (Å²) in [5.41, 5.74) is 9.05. The lowest BCUT2D eigenvalue weighted by molar-refractivity contribution is -0.129. The maximum Gasteiger partial charge on any atom is 0.265 e. The monoisotopic (exact) mass is 981 g/mol. The van der Waals surface area contributed by atoms with Crippen molar-refractivity contribution in [2.75, 3.05) is 49.1 Å². The van der Waals surface area contributed by atoms with Gasteiger partial charge < -0.3 is 29.0 Å². The highest BCUT2D eigenvalue weighted by molar-refractivity contribution is 5.85. The minimum Gasteiger partial charge on any atom is -0.339 e. The van der Waals surface area contributed by atoms with E-state index in [2.05, 4.69) is 93.7 Å². The predicted octanol–water partition coefficient (Wildman–Crippen LogP) is 11.8. The van der Waals surface area contributed by atoms with Crippen LogP contribution in [0, 0.1) is 5.92 Å². The molecule has 3 aromatic heterocycles. The third-order valence-electron chi connectivity index (χ3n) is 17.2. The van der Waals surface area contributed by atoms with Gasteiger partial charge in [-0.3, -0.25) is 14.5 Å². The van der Waals surface area contributed by atoms with Crippen LogP contribution in [0.2, 0.25) is 0 Å². The Bertz CT molecular complexity index is 2930. The highest BCUT2D eigenvalue weighted by Crippen LogP contribution is 2.51. The lowest BCUT2D eigenvalue weighted by Crippen LogP contribution is -2.36. The van der Waals surface area contributed by atoms with Gasteiger partial charge in [0.15, 0.2) is 5.82 Å². The summed E-state index contributed by atoms with van der Waals surface area (Å²) in [6.45, 7) is 30.8. The lowest BCUT2D eigenvalue weighted by atomic mass is 9.78. The molecule has 1 unspecified atom stereocenters. The third kappa shape index (κ3) is 9.81. The number of hydrogen-bond donors (Lipinski definition) is 0. The van der Waals surface area contributed by atoms with E-state index < -0.39 is 6.43 Å². The number of hydrogen-bond acceptors (Lipinski definition) is 7. The number of benzene rings is 2. The fraction of sp³-hybridized carbons (Fsp3) is 0.533. The molecule has 0 radical (unpaired) electrons. The average Bonchev–Trinajstić information content (AvgIpc) is 4.00. The van der Waals surface area contributed by atoms with Gasteiger partial charge in [-0.05, 0) is 151 Å². The molecule has 3 aliphatic heterocycles. The largest absolute Gasteiger partial charge is 0.339 e. The van der Waals surface area contributed by atoms with Crippen LogP contribution in [0.15, 0.2) is 60.9 Å². The zero-order valence-corrected chi connectivity index (χ0v) is 44.0. The number of allylic oxidation sites excluding steroid dienone is 1. The number of carbonyl (C=O) groups is 2. The highest BCUT2D eigenvalue weighted by Gasteiger charge is 2.43. The van der Waals surface area contributed by atoms with Gasteiger partial charge in [-0.2, -0.15) is 5.10 Å². The summed E-state index contributed by atoms with van der Waals surface area (Å²) in [6, 6.07) is 12.8. The van der Waals surface area contributed by atoms with Crippen LogP contribution in [0.3, 0.4) is 0 Å². The number of rotatable bonds is 19. The van der Waals surface area contributed by atoms with E-state index in [0.29, 0.717) is 50.6 Å². The molecule has 72 heavy (non-hydrogen) atoms. The number of aromatic nitrogens is 4. The van der Waals surface area contributed by atoms with E-state index in [4.69, 9.17) is 5.10 Å². The first-order chi connectivity index (χ1) is 34.7. The van der Waals surface area contributed by atoms with Gasteiger partial charge in [-0.15, -0.1) is 0 Å². The predicted molar refractivity (Wildman–Crippen MR) is 289 cm³/mol. The molecule has 384 valence electrons. The zero-order valence-electron chi connectivity index (χ0n) is 44.0. The summed E-state index contributed by atoms with van der Waals surface area (Å²) in [5, 5.41) is 9.59. The van der Waals surface area contributed by atoms with Crippen molar-refractivity contribution in [3.05, 3.63) is 105 Å². The summed E-state index contributed by atoms with van der Waals surface area (Å²) < 4.78 is 35.4. The van der Waals surface area contributed by atoms with Gasteiger partial charge in [0.1, 0.15) is 5.78 Å². The minimum atomic E-state index is -2.67. The molecule has 2 aromatic carbocycles. The number of anilines is 4. The van der Waals surface area contributed by atoms with E-state index in [1.54, 1.807) is 19.9 Å². The van der Waals surface area contributed by atoms with E-state index in [0.717, 1.165) is 152 Å². The quantitative estimate of drug-likeness (QED) is 0.0762. The lowest BCUT2D eigenvalue weighted by Gasteiger charge is -2.35. The van der Waals surface area contributed by atoms with Crippen molar-refractivity contribution in [1.29, 1.82) is 0 Å². The molecular formula is C60H78F2N8O2. The van der Waals surface area contributed by atoms with Gasteiger partial charge in [-0.1, -0.05) is 58.2 Å². The van der Waals surface area contributed by atoms with Gasteiger partial charge in [0.25, 0.3) is 6.43 Å². The Morgan fingerprint density at radius 1 is 0.889 bits per heavy atom. The first-order valence-corrected chi connectivity index (χ1v) is 27.1. The number of amides is 1. The molecule has 1 aliphatic carbocycles. The molecule has 12 heteroatoms. The van der Waals surface area contributed by atoms with Gasteiger partial charge in [0.2, 0.25) is 5.91 Å². The Morgan fingerprint density at radius 3 is 2.35 bits per heavy atom. The van der Waals surface area contributed by atoms with Crippen LogP contribution in [0.25, 0.3) is 23.9 Å². The van der Waals surface area contributed by atoms with Crippen LogP contribution in [-0.2, 0) is 40.8 Å². The molecule has 10 nitrogen and oxygen atoms in total. The van der Waals surface area contributed by atoms with Gasteiger partial charge in [0.05, 0.1) is 36.2 Å². The molecule has 4 aliphatic rings. The van der Waals surface area contributed by atoms with Crippen molar-refractivity contribution in [3.63, 3.8) is 0 Å². The van der Waals surface area contributed by atoms with Crippen molar-refractivity contribution in [1.82, 2.24) is 29.1 Å². The molecule has 1 amide bonds. The first kappa shape index (κ1) is 51.3.